The number of fused-ring (bicyclic) bond motifs is 1. The minimum absolute atomic E-state index is 0.0402. The average Bonchev–Trinajstić information content (AvgIpc) is 2.85. The molecule has 0 spiro atoms. The predicted molar refractivity (Wildman–Crippen MR) is 87.7 cm³/mol. The van der Waals surface area contributed by atoms with Gasteiger partial charge in [-0.3, -0.25) is 4.79 Å². The van der Waals surface area contributed by atoms with Gasteiger partial charge < -0.3 is 9.67 Å². The van der Waals surface area contributed by atoms with Crippen molar-refractivity contribution in [2.75, 3.05) is 5.75 Å². The number of rotatable bonds is 5. The number of carboxylic acids is 1. The van der Waals surface area contributed by atoms with E-state index in [4.69, 9.17) is 5.11 Å². The molecule has 1 aromatic heterocycles. The van der Waals surface area contributed by atoms with Crippen molar-refractivity contribution in [3.63, 3.8) is 0 Å². The summed E-state index contributed by atoms with van der Waals surface area (Å²) in [4.78, 5) is 15.4. The zero-order chi connectivity index (χ0) is 15.2. The number of hydrogen-bond donors (Lipinski definition) is 1. The predicted octanol–water partition coefficient (Wildman–Crippen LogP) is 4.02. The van der Waals surface area contributed by atoms with Gasteiger partial charge in [0.05, 0.1) is 16.8 Å². The number of aromatic nitrogens is 2. The van der Waals surface area contributed by atoms with Crippen LogP contribution in [0.3, 0.4) is 0 Å². The first-order valence-electron chi connectivity index (χ1n) is 6.87. The molecule has 1 unspecified atom stereocenters. The van der Waals surface area contributed by atoms with Crippen LogP contribution in [-0.4, -0.2) is 26.4 Å². The number of thioether (sulfide) groups is 1. The number of hydrogen-bond acceptors (Lipinski definition) is 3. The van der Waals surface area contributed by atoms with Gasteiger partial charge in [0, 0.05) is 11.0 Å². The second-order valence-electron chi connectivity index (χ2n) is 6.21. The maximum absolute atomic E-state index is 10.8. The highest BCUT2D eigenvalue weighted by molar-refractivity contribution is 9.10. The summed E-state index contributed by atoms with van der Waals surface area (Å²) in [6, 6.07) is 6.03. The van der Waals surface area contributed by atoms with Gasteiger partial charge in [0.1, 0.15) is 0 Å². The monoisotopic (exact) mass is 368 g/mol. The molecule has 0 bridgehead atoms. The number of halogens is 1. The molecule has 21 heavy (non-hydrogen) atoms. The first kappa shape index (κ1) is 14.9. The topological polar surface area (TPSA) is 55.1 Å². The molecule has 2 aromatic rings. The molecule has 1 aliphatic carbocycles. The average molecular weight is 369 g/mol. The summed E-state index contributed by atoms with van der Waals surface area (Å²) < 4.78 is 3.16. The third-order valence-electron chi connectivity index (χ3n) is 4.12. The Bertz CT molecular complexity index is 711. The second kappa shape index (κ2) is 5.32. The lowest BCUT2D eigenvalue weighted by molar-refractivity contribution is -0.133. The number of benzene rings is 1. The highest BCUT2D eigenvalue weighted by atomic mass is 79.9. The van der Waals surface area contributed by atoms with Gasteiger partial charge in [-0.15, -0.1) is 0 Å². The molecule has 0 aliphatic heterocycles. The van der Waals surface area contributed by atoms with Crippen LogP contribution in [0.1, 0.15) is 20.3 Å². The van der Waals surface area contributed by atoms with Crippen LogP contribution >= 0.6 is 27.7 Å². The van der Waals surface area contributed by atoms with Gasteiger partial charge >= 0.3 is 5.97 Å². The number of aliphatic carboxylic acids is 1. The van der Waals surface area contributed by atoms with Gasteiger partial charge in [-0.2, -0.15) is 0 Å². The summed E-state index contributed by atoms with van der Waals surface area (Å²) in [7, 11) is 0. The van der Waals surface area contributed by atoms with Crippen LogP contribution in [-0.2, 0) is 11.3 Å². The van der Waals surface area contributed by atoms with Crippen molar-refractivity contribution in [3.05, 3.63) is 22.7 Å². The van der Waals surface area contributed by atoms with Crippen molar-refractivity contribution in [2.45, 2.75) is 32.0 Å². The Hall–Kier alpha value is -1.01. The third kappa shape index (κ3) is 3.11. The molecule has 4 nitrogen and oxygen atoms in total. The van der Waals surface area contributed by atoms with E-state index in [1.807, 2.05) is 18.2 Å². The Morgan fingerprint density at radius 2 is 2.29 bits per heavy atom. The minimum Gasteiger partial charge on any atom is -0.481 e. The first-order chi connectivity index (χ1) is 9.87. The standard InChI is InChI=1S/C15H17BrN2O2S/c1-15(2)6-9(15)7-18-12-4-3-10(16)5-11(12)17-14(18)21-8-13(19)20/h3-5,9H,6-8H2,1-2H3,(H,19,20). The lowest BCUT2D eigenvalue weighted by Gasteiger charge is -2.09. The van der Waals surface area contributed by atoms with Crippen LogP contribution in [0.2, 0.25) is 0 Å². The SMILES string of the molecule is CC1(C)CC1Cn1c(SCC(=O)O)nc2cc(Br)ccc21. The van der Waals surface area contributed by atoms with Crippen molar-refractivity contribution in [1.82, 2.24) is 9.55 Å². The molecular weight excluding hydrogens is 352 g/mol. The van der Waals surface area contributed by atoms with E-state index in [0.29, 0.717) is 11.3 Å². The fourth-order valence-electron chi connectivity index (χ4n) is 2.60. The zero-order valence-corrected chi connectivity index (χ0v) is 14.4. The Balaban J connectivity index is 1.96. The van der Waals surface area contributed by atoms with Crippen molar-refractivity contribution in [1.29, 1.82) is 0 Å². The third-order valence-corrected chi connectivity index (χ3v) is 5.57. The molecule has 1 aliphatic rings. The Morgan fingerprint density at radius 1 is 1.57 bits per heavy atom. The van der Waals surface area contributed by atoms with Crippen LogP contribution in [0, 0.1) is 11.3 Å². The maximum Gasteiger partial charge on any atom is 0.313 e. The van der Waals surface area contributed by atoms with E-state index in [1.165, 1.54) is 18.2 Å². The summed E-state index contributed by atoms with van der Waals surface area (Å²) in [6.07, 6.45) is 1.21. The fraction of sp³-hybridized carbons (Fsp3) is 0.467. The number of carbonyl (C=O) groups is 1. The fourth-order valence-corrected chi connectivity index (χ4v) is 3.70. The normalized spacial score (nSPS) is 19.9. The van der Waals surface area contributed by atoms with E-state index in [-0.39, 0.29) is 5.75 Å². The molecule has 1 aromatic carbocycles. The maximum atomic E-state index is 10.8. The summed E-state index contributed by atoms with van der Waals surface area (Å²) in [5.74, 6) is -0.132. The smallest absolute Gasteiger partial charge is 0.313 e. The van der Waals surface area contributed by atoms with Gasteiger partial charge in [-0.1, -0.05) is 41.5 Å². The molecule has 6 heteroatoms. The minimum atomic E-state index is -0.813. The number of carboxylic acid groups (broad SMARTS) is 1. The summed E-state index contributed by atoms with van der Waals surface area (Å²) in [6.45, 7) is 5.46. The lowest BCUT2D eigenvalue weighted by Crippen LogP contribution is -2.07. The van der Waals surface area contributed by atoms with Gasteiger partial charge in [0.15, 0.2) is 5.16 Å². The highest BCUT2D eigenvalue weighted by Gasteiger charge is 2.45. The van der Waals surface area contributed by atoms with Crippen LogP contribution in [0.4, 0.5) is 0 Å². The summed E-state index contributed by atoms with van der Waals surface area (Å²) in [5.41, 5.74) is 2.38. The van der Waals surface area contributed by atoms with E-state index >= 15 is 0 Å². The zero-order valence-electron chi connectivity index (χ0n) is 12.0. The Labute approximate surface area is 136 Å². The van der Waals surface area contributed by atoms with E-state index in [2.05, 4.69) is 39.3 Å². The first-order valence-corrected chi connectivity index (χ1v) is 8.65. The molecule has 0 saturated heterocycles. The molecule has 1 N–H and O–H groups in total. The number of imidazole rings is 1. The molecular formula is C15H17BrN2O2S. The second-order valence-corrected chi connectivity index (χ2v) is 8.07. The molecule has 1 atom stereocenters. The molecule has 0 amide bonds. The Morgan fingerprint density at radius 3 is 2.90 bits per heavy atom. The quantitative estimate of drug-likeness (QED) is 0.809. The van der Waals surface area contributed by atoms with Gasteiger partial charge in [-0.05, 0) is 36.0 Å². The van der Waals surface area contributed by atoms with Gasteiger partial charge in [0.2, 0.25) is 0 Å². The summed E-state index contributed by atoms with van der Waals surface area (Å²) in [5, 5.41) is 9.70. The molecule has 1 heterocycles. The molecule has 0 radical (unpaired) electrons. The van der Waals surface area contributed by atoms with Crippen molar-refractivity contribution < 1.29 is 9.90 Å². The highest BCUT2D eigenvalue weighted by Crippen LogP contribution is 2.53. The number of nitrogens with zero attached hydrogens (tertiary/aromatic N) is 2. The van der Waals surface area contributed by atoms with Gasteiger partial charge in [-0.25, -0.2) is 4.98 Å². The lowest BCUT2D eigenvalue weighted by atomic mass is 10.1. The van der Waals surface area contributed by atoms with Crippen molar-refractivity contribution >= 4 is 44.7 Å². The molecule has 112 valence electrons. The Kier molecular flexibility index (Phi) is 3.78. The van der Waals surface area contributed by atoms with Crippen LogP contribution < -0.4 is 0 Å². The molecule has 3 rings (SSSR count). The molecule has 1 fully saturated rings. The van der Waals surface area contributed by atoms with Crippen LogP contribution in [0.5, 0.6) is 0 Å². The van der Waals surface area contributed by atoms with E-state index in [9.17, 15) is 4.79 Å². The van der Waals surface area contributed by atoms with Crippen molar-refractivity contribution in [2.24, 2.45) is 11.3 Å². The van der Waals surface area contributed by atoms with E-state index < -0.39 is 5.97 Å². The van der Waals surface area contributed by atoms with E-state index in [1.54, 1.807) is 0 Å². The summed E-state index contributed by atoms with van der Waals surface area (Å²) >= 11 is 4.75. The van der Waals surface area contributed by atoms with E-state index in [0.717, 1.165) is 27.2 Å². The van der Waals surface area contributed by atoms with Crippen LogP contribution in [0.15, 0.2) is 27.8 Å². The largest absolute Gasteiger partial charge is 0.481 e. The van der Waals surface area contributed by atoms with Crippen molar-refractivity contribution in [3.8, 4) is 0 Å². The van der Waals surface area contributed by atoms with Crippen LogP contribution in [0.25, 0.3) is 11.0 Å². The molecule has 1 saturated carbocycles. The van der Waals surface area contributed by atoms with Gasteiger partial charge in [0.25, 0.3) is 0 Å².